The van der Waals surface area contributed by atoms with Gasteiger partial charge in [-0.3, -0.25) is 0 Å². The highest BCUT2D eigenvalue weighted by molar-refractivity contribution is 5.69. The van der Waals surface area contributed by atoms with Gasteiger partial charge in [-0.2, -0.15) is 13.2 Å². The molecule has 1 aromatic carbocycles. The largest absolute Gasteiger partial charge is 0.416 e. The molecule has 100 valence electrons. The molecule has 1 aromatic rings. The predicted molar refractivity (Wildman–Crippen MR) is 66.4 cm³/mol. The summed E-state index contributed by atoms with van der Waals surface area (Å²) < 4.78 is 37.6. The summed E-state index contributed by atoms with van der Waals surface area (Å²) in [6, 6.07) is 3.59. The number of hydrogen-bond donors (Lipinski definition) is 1. The highest BCUT2D eigenvalue weighted by atomic mass is 19.4. The summed E-state index contributed by atoms with van der Waals surface area (Å²) in [5.41, 5.74) is 5.96. The van der Waals surface area contributed by atoms with E-state index in [9.17, 15) is 13.2 Å². The number of nitrogens with two attached hydrogens (primary N) is 1. The monoisotopic (exact) mass is 258 g/mol. The van der Waals surface area contributed by atoms with Crippen LogP contribution >= 0.6 is 0 Å². The van der Waals surface area contributed by atoms with Crippen molar-refractivity contribution in [2.75, 3.05) is 23.7 Å². The SMILES string of the molecule is CC1CN(c2ccc(C(F)(F)F)cc2N)CC1C. The van der Waals surface area contributed by atoms with Gasteiger partial charge in [0.05, 0.1) is 16.9 Å². The highest BCUT2D eigenvalue weighted by Gasteiger charge is 2.32. The van der Waals surface area contributed by atoms with Gasteiger partial charge in [-0.05, 0) is 30.0 Å². The summed E-state index contributed by atoms with van der Waals surface area (Å²) in [5.74, 6) is 1.07. The van der Waals surface area contributed by atoms with Crippen molar-refractivity contribution in [3.63, 3.8) is 0 Å². The molecule has 0 spiro atoms. The maximum Gasteiger partial charge on any atom is 0.416 e. The van der Waals surface area contributed by atoms with E-state index < -0.39 is 11.7 Å². The maximum atomic E-state index is 12.5. The van der Waals surface area contributed by atoms with E-state index in [1.165, 1.54) is 6.07 Å². The Morgan fingerprint density at radius 1 is 1.17 bits per heavy atom. The van der Waals surface area contributed by atoms with Crippen LogP contribution in [0.5, 0.6) is 0 Å². The Labute approximate surface area is 105 Å². The zero-order valence-electron chi connectivity index (χ0n) is 10.5. The second kappa shape index (κ2) is 4.37. The van der Waals surface area contributed by atoms with Crippen molar-refractivity contribution in [1.29, 1.82) is 0 Å². The summed E-state index contributed by atoms with van der Waals surface area (Å²) in [5, 5.41) is 0. The Hall–Kier alpha value is -1.39. The lowest BCUT2D eigenvalue weighted by Crippen LogP contribution is -2.21. The fourth-order valence-electron chi connectivity index (χ4n) is 2.35. The van der Waals surface area contributed by atoms with Crippen LogP contribution in [-0.4, -0.2) is 13.1 Å². The van der Waals surface area contributed by atoms with E-state index in [-0.39, 0.29) is 5.69 Å². The molecule has 0 aromatic heterocycles. The number of hydrogen-bond acceptors (Lipinski definition) is 2. The fraction of sp³-hybridized carbons (Fsp3) is 0.538. The Morgan fingerprint density at radius 3 is 2.17 bits per heavy atom. The first-order chi connectivity index (χ1) is 8.29. The van der Waals surface area contributed by atoms with Crippen LogP contribution < -0.4 is 10.6 Å². The van der Waals surface area contributed by atoms with Gasteiger partial charge in [-0.1, -0.05) is 13.8 Å². The molecule has 2 rings (SSSR count). The number of anilines is 2. The molecule has 2 nitrogen and oxygen atoms in total. The average Bonchev–Trinajstić information content (AvgIpc) is 2.57. The third-order valence-corrected chi connectivity index (χ3v) is 3.68. The van der Waals surface area contributed by atoms with Crippen molar-refractivity contribution in [2.45, 2.75) is 20.0 Å². The number of nitrogens with zero attached hydrogens (tertiary/aromatic N) is 1. The molecule has 18 heavy (non-hydrogen) atoms. The number of nitrogen functional groups attached to an aromatic ring is 1. The van der Waals surface area contributed by atoms with E-state index in [1.54, 1.807) is 0 Å². The Morgan fingerprint density at radius 2 is 1.72 bits per heavy atom. The molecule has 0 aliphatic carbocycles. The summed E-state index contributed by atoms with van der Waals surface area (Å²) in [6.07, 6.45) is -4.34. The van der Waals surface area contributed by atoms with Crippen molar-refractivity contribution < 1.29 is 13.2 Å². The Kier molecular flexibility index (Phi) is 3.17. The van der Waals surface area contributed by atoms with Crippen LogP contribution in [0.4, 0.5) is 24.5 Å². The minimum atomic E-state index is -4.34. The molecular formula is C13H17F3N2. The summed E-state index contributed by atoms with van der Waals surface area (Å²) in [6.45, 7) is 5.98. The van der Waals surface area contributed by atoms with Crippen LogP contribution in [0.25, 0.3) is 0 Å². The lowest BCUT2D eigenvalue weighted by molar-refractivity contribution is -0.137. The zero-order valence-corrected chi connectivity index (χ0v) is 10.5. The van der Waals surface area contributed by atoms with Gasteiger partial charge in [0.1, 0.15) is 0 Å². The molecule has 0 amide bonds. The highest BCUT2D eigenvalue weighted by Crippen LogP contribution is 2.36. The lowest BCUT2D eigenvalue weighted by atomic mass is 10.0. The third-order valence-electron chi connectivity index (χ3n) is 3.68. The van der Waals surface area contributed by atoms with Crippen molar-refractivity contribution in [3.05, 3.63) is 23.8 Å². The predicted octanol–water partition coefficient (Wildman–Crippen LogP) is 3.38. The molecule has 0 bridgehead atoms. The second-order valence-electron chi connectivity index (χ2n) is 5.13. The van der Waals surface area contributed by atoms with Crippen LogP contribution in [0.2, 0.25) is 0 Å². The maximum absolute atomic E-state index is 12.5. The number of alkyl halides is 3. The first-order valence-electron chi connectivity index (χ1n) is 6.00. The van der Waals surface area contributed by atoms with E-state index in [1.807, 2.05) is 0 Å². The first kappa shape index (κ1) is 13.1. The van der Waals surface area contributed by atoms with Gasteiger partial charge >= 0.3 is 6.18 Å². The fourth-order valence-corrected chi connectivity index (χ4v) is 2.35. The lowest BCUT2D eigenvalue weighted by Gasteiger charge is -2.21. The van der Waals surface area contributed by atoms with Crippen molar-refractivity contribution in [2.24, 2.45) is 11.8 Å². The van der Waals surface area contributed by atoms with Gasteiger partial charge in [0.15, 0.2) is 0 Å². The van der Waals surface area contributed by atoms with E-state index in [4.69, 9.17) is 5.73 Å². The van der Waals surface area contributed by atoms with Crippen LogP contribution in [0.15, 0.2) is 18.2 Å². The molecule has 1 heterocycles. The first-order valence-corrected chi connectivity index (χ1v) is 6.00. The van der Waals surface area contributed by atoms with Crippen molar-refractivity contribution >= 4 is 11.4 Å². The number of halogens is 3. The molecule has 2 atom stereocenters. The zero-order chi connectivity index (χ0) is 13.5. The molecule has 1 saturated heterocycles. The topological polar surface area (TPSA) is 29.3 Å². The van der Waals surface area contributed by atoms with E-state index in [2.05, 4.69) is 18.7 Å². The van der Waals surface area contributed by atoms with Gasteiger partial charge < -0.3 is 10.6 Å². The normalized spacial score (nSPS) is 24.6. The van der Waals surface area contributed by atoms with Crippen LogP contribution in [-0.2, 0) is 6.18 Å². The van der Waals surface area contributed by atoms with Crippen molar-refractivity contribution in [3.8, 4) is 0 Å². The summed E-state index contributed by atoms with van der Waals surface area (Å²) >= 11 is 0. The van der Waals surface area contributed by atoms with Crippen molar-refractivity contribution in [1.82, 2.24) is 0 Å². The van der Waals surface area contributed by atoms with Gasteiger partial charge in [0.25, 0.3) is 0 Å². The molecule has 2 N–H and O–H groups in total. The molecular weight excluding hydrogens is 241 g/mol. The number of rotatable bonds is 1. The smallest absolute Gasteiger partial charge is 0.397 e. The molecule has 5 heteroatoms. The van der Waals surface area contributed by atoms with Gasteiger partial charge in [-0.25, -0.2) is 0 Å². The number of benzene rings is 1. The minimum absolute atomic E-state index is 0.200. The van der Waals surface area contributed by atoms with Gasteiger partial charge in [0.2, 0.25) is 0 Å². The van der Waals surface area contributed by atoms with E-state index >= 15 is 0 Å². The van der Waals surface area contributed by atoms with E-state index in [0.29, 0.717) is 17.5 Å². The molecule has 2 unspecified atom stereocenters. The quantitative estimate of drug-likeness (QED) is 0.782. The Balaban J connectivity index is 2.26. The minimum Gasteiger partial charge on any atom is -0.397 e. The van der Waals surface area contributed by atoms with Gasteiger partial charge in [0, 0.05) is 13.1 Å². The molecule has 1 aliphatic rings. The summed E-state index contributed by atoms with van der Waals surface area (Å²) in [4.78, 5) is 2.06. The van der Waals surface area contributed by atoms with Crippen LogP contribution in [0, 0.1) is 11.8 Å². The Bertz CT molecular complexity index is 432. The third kappa shape index (κ3) is 2.40. The molecule has 1 fully saturated rings. The van der Waals surface area contributed by atoms with Gasteiger partial charge in [-0.15, -0.1) is 0 Å². The van der Waals surface area contributed by atoms with Crippen LogP contribution in [0.3, 0.4) is 0 Å². The standard InChI is InChI=1S/C13H17F3N2/c1-8-6-18(7-9(8)2)12-4-3-10(5-11(12)17)13(14,15)16/h3-5,8-9H,6-7,17H2,1-2H3. The molecule has 0 saturated carbocycles. The average molecular weight is 258 g/mol. The summed E-state index contributed by atoms with van der Waals surface area (Å²) in [7, 11) is 0. The molecule has 1 aliphatic heterocycles. The van der Waals surface area contributed by atoms with E-state index in [0.717, 1.165) is 25.2 Å². The van der Waals surface area contributed by atoms with Crippen LogP contribution in [0.1, 0.15) is 19.4 Å². The second-order valence-corrected chi connectivity index (χ2v) is 5.13. The molecule has 0 radical (unpaired) electrons.